The Morgan fingerprint density at radius 2 is 2.03 bits per heavy atom. The molecular formula is C23H24N4O5. The topological polar surface area (TPSA) is 107 Å². The van der Waals surface area contributed by atoms with Crippen LogP contribution < -0.4 is 10.1 Å². The van der Waals surface area contributed by atoms with E-state index in [9.17, 15) is 9.59 Å². The minimum absolute atomic E-state index is 0.123. The molecule has 1 N–H and O–H groups in total. The normalized spacial score (nSPS) is 15.8. The highest BCUT2D eigenvalue weighted by Gasteiger charge is 2.30. The van der Waals surface area contributed by atoms with E-state index in [2.05, 4.69) is 15.5 Å². The van der Waals surface area contributed by atoms with Crippen LogP contribution in [0.15, 0.2) is 59.1 Å². The van der Waals surface area contributed by atoms with Gasteiger partial charge in [-0.1, -0.05) is 35.5 Å². The number of ether oxygens (including phenoxy) is 2. The van der Waals surface area contributed by atoms with E-state index >= 15 is 0 Å². The highest BCUT2D eigenvalue weighted by atomic mass is 16.6. The van der Waals surface area contributed by atoms with Crippen LogP contribution in [0.4, 0.5) is 10.5 Å². The molecule has 32 heavy (non-hydrogen) atoms. The number of aromatic nitrogens is 2. The van der Waals surface area contributed by atoms with E-state index in [1.807, 2.05) is 48.5 Å². The molecule has 0 spiro atoms. The van der Waals surface area contributed by atoms with Crippen molar-refractivity contribution in [3.05, 3.63) is 60.5 Å². The molecule has 2 heterocycles. The summed E-state index contributed by atoms with van der Waals surface area (Å²) in [6.07, 6.45) is 1.38. The van der Waals surface area contributed by atoms with Crippen LogP contribution in [-0.4, -0.2) is 47.2 Å². The van der Waals surface area contributed by atoms with Gasteiger partial charge in [0.25, 0.3) is 5.89 Å². The molecule has 166 valence electrons. The lowest BCUT2D eigenvalue weighted by atomic mass is 9.98. The number of carbonyl (C=O) groups excluding carboxylic acids is 2. The molecule has 0 bridgehead atoms. The number of para-hydroxylation sites is 1. The number of methoxy groups -OCH3 is 1. The average Bonchev–Trinajstić information content (AvgIpc) is 3.32. The first kappa shape index (κ1) is 21.4. The van der Waals surface area contributed by atoms with Crippen LogP contribution in [0.5, 0.6) is 5.75 Å². The zero-order valence-electron chi connectivity index (χ0n) is 17.7. The molecule has 1 saturated heterocycles. The summed E-state index contributed by atoms with van der Waals surface area (Å²) in [4.78, 5) is 31.0. The number of urea groups is 1. The lowest BCUT2D eigenvalue weighted by Crippen LogP contribution is -2.44. The summed E-state index contributed by atoms with van der Waals surface area (Å²) in [5, 5.41) is 6.78. The smallest absolute Gasteiger partial charge is 0.321 e. The van der Waals surface area contributed by atoms with Gasteiger partial charge < -0.3 is 24.2 Å². The minimum atomic E-state index is -0.397. The van der Waals surface area contributed by atoms with Crippen molar-refractivity contribution in [2.45, 2.75) is 19.4 Å². The van der Waals surface area contributed by atoms with Crippen molar-refractivity contribution in [1.29, 1.82) is 0 Å². The predicted molar refractivity (Wildman–Crippen MR) is 116 cm³/mol. The maximum absolute atomic E-state index is 12.6. The van der Waals surface area contributed by atoms with E-state index in [0.717, 1.165) is 12.0 Å². The van der Waals surface area contributed by atoms with Crippen molar-refractivity contribution < 1.29 is 23.6 Å². The largest absolute Gasteiger partial charge is 0.497 e. The number of rotatable bonds is 6. The third kappa shape index (κ3) is 5.23. The molecule has 9 heteroatoms. The van der Waals surface area contributed by atoms with Crippen LogP contribution in [0.3, 0.4) is 0 Å². The van der Waals surface area contributed by atoms with Crippen LogP contribution in [0.2, 0.25) is 0 Å². The van der Waals surface area contributed by atoms with Crippen molar-refractivity contribution in [3.8, 4) is 17.1 Å². The molecule has 1 aromatic heterocycles. The Balaban J connectivity index is 1.30. The number of likely N-dealkylation sites (tertiary alicyclic amines) is 1. The summed E-state index contributed by atoms with van der Waals surface area (Å²) >= 11 is 0. The molecule has 1 aliphatic rings. The van der Waals surface area contributed by atoms with Crippen LogP contribution in [0.1, 0.15) is 18.7 Å². The highest BCUT2D eigenvalue weighted by Crippen LogP contribution is 2.22. The van der Waals surface area contributed by atoms with Gasteiger partial charge in [-0.15, -0.1) is 0 Å². The number of benzene rings is 2. The van der Waals surface area contributed by atoms with Gasteiger partial charge in [0.2, 0.25) is 5.82 Å². The summed E-state index contributed by atoms with van der Waals surface area (Å²) in [5.41, 5.74) is 1.45. The Hall–Kier alpha value is -3.88. The molecule has 1 unspecified atom stereocenters. The molecule has 0 saturated carbocycles. The fraction of sp³-hybridized carbons (Fsp3) is 0.304. The second-order valence-corrected chi connectivity index (χ2v) is 7.43. The number of hydrogen-bond donors (Lipinski definition) is 1. The fourth-order valence-electron chi connectivity index (χ4n) is 3.52. The molecule has 9 nitrogen and oxygen atoms in total. The van der Waals surface area contributed by atoms with Crippen molar-refractivity contribution in [1.82, 2.24) is 15.0 Å². The van der Waals surface area contributed by atoms with E-state index in [-0.39, 0.29) is 24.5 Å². The van der Waals surface area contributed by atoms with Gasteiger partial charge in [-0.05, 0) is 37.1 Å². The maximum atomic E-state index is 12.6. The molecule has 1 aliphatic heterocycles. The Morgan fingerprint density at radius 3 is 2.84 bits per heavy atom. The van der Waals surface area contributed by atoms with E-state index in [4.69, 9.17) is 14.0 Å². The molecule has 1 atom stereocenters. The van der Waals surface area contributed by atoms with Crippen molar-refractivity contribution in [2.75, 3.05) is 25.5 Å². The monoisotopic (exact) mass is 436 g/mol. The molecule has 3 aromatic rings. The first-order chi connectivity index (χ1) is 15.6. The number of piperidine rings is 1. The molecule has 2 aromatic carbocycles. The third-order valence-corrected chi connectivity index (χ3v) is 5.20. The Bertz CT molecular complexity index is 1070. The van der Waals surface area contributed by atoms with E-state index in [1.165, 1.54) is 0 Å². The molecular weight excluding hydrogens is 412 g/mol. The van der Waals surface area contributed by atoms with Gasteiger partial charge in [-0.2, -0.15) is 4.98 Å². The SMILES string of the molecule is COc1cccc(-c2noc(COC(=O)C3CCCN(C(=O)Nc4ccccc4)C3)n2)c1. The zero-order chi connectivity index (χ0) is 22.3. The lowest BCUT2D eigenvalue weighted by Gasteiger charge is -2.31. The quantitative estimate of drug-likeness (QED) is 0.587. The Labute approximate surface area is 185 Å². The van der Waals surface area contributed by atoms with Gasteiger partial charge in [0.15, 0.2) is 6.61 Å². The fourth-order valence-corrected chi connectivity index (χ4v) is 3.52. The molecule has 2 amide bonds. The number of nitrogens with one attached hydrogen (secondary N) is 1. The van der Waals surface area contributed by atoms with Gasteiger partial charge in [0.05, 0.1) is 13.0 Å². The van der Waals surface area contributed by atoms with Gasteiger partial charge in [0.1, 0.15) is 5.75 Å². The van der Waals surface area contributed by atoms with Gasteiger partial charge in [-0.25, -0.2) is 4.79 Å². The summed E-state index contributed by atoms with van der Waals surface area (Å²) in [6, 6.07) is 16.3. The highest BCUT2D eigenvalue weighted by molar-refractivity contribution is 5.89. The Morgan fingerprint density at radius 1 is 1.19 bits per heavy atom. The number of hydrogen-bond acceptors (Lipinski definition) is 7. The van der Waals surface area contributed by atoms with E-state index in [0.29, 0.717) is 36.8 Å². The summed E-state index contributed by atoms with van der Waals surface area (Å²) < 4.78 is 15.8. The Kier molecular flexibility index (Phi) is 6.64. The first-order valence-electron chi connectivity index (χ1n) is 10.4. The second-order valence-electron chi connectivity index (χ2n) is 7.43. The summed E-state index contributed by atoms with van der Waals surface area (Å²) in [6.45, 7) is 0.773. The maximum Gasteiger partial charge on any atom is 0.321 e. The third-order valence-electron chi connectivity index (χ3n) is 5.20. The van der Waals surface area contributed by atoms with Crippen LogP contribution in [0.25, 0.3) is 11.4 Å². The number of esters is 1. The summed E-state index contributed by atoms with van der Waals surface area (Å²) in [7, 11) is 1.58. The standard InChI is InChI=1S/C23H24N4O5/c1-30-19-11-5-7-16(13-19)21-25-20(32-26-21)15-31-22(28)17-8-6-12-27(14-17)23(29)24-18-9-3-2-4-10-18/h2-5,7,9-11,13,17H,6,8,12,14-15H2,1H3,(H,24,29). The predicted octanol–water partition coefficient (Wildman–Crippen LogP) is 3.73. The summed E-state index contributed by atoms with van der Waals surface area (Å²) in [5.74, 6) is 0.481. The van der Waals surface area contributed by atoms with Gasteiger partial charge >= 0.3 is 12.0 Å². The zero-order valence-corrected chi connectivity index (χ0v) is 17.7. The second kappa shape index (κ2) is 9.95. The van der Waals surface area contributed by atoms with Gasteiger partial charge in [-0.3, -0.25) is 4.79 Å². The first-order valence-corrected chi connectivity index (χ1v) is 10.4. The van der Waals surface area contributed by atoms with Crippen LogP contribution >= 0.6 is 0 Å². The number of nitrogens with zero attached hydrogens (tertiary/aromatic N) is 3. The van der Waals surface area contributed by atoms with Crippen LogP contribution in [0, 0.1) is 5.92 Å². The van der Waals surface area contributed by atoms with Gasteiger partial charge in [0, 0.05) is 24.3 Å². The average molecular weight is 436 g/mol. The number of amides is 2. The molecule has 4 rings (SSSR count). The number of anilines is 1. The minimum Gasteiger partial charge on any atom is -0.497 e. The lowest BCUT2D eigenvalue weighted by molar-refractivity contribution is -0.152. The van der Waals surface area contributed by atoms with Crippen molar-refractivity contribution in [3.63, 3.8) is 0 Å². The molecule has 0 radical (unpaired) electrons. The molecule has 1 fully saturated rings. The van der Waals surface area contributed by atoms with Crippen LogP contribution in [-0.2, 0) is 16.1 Å². The molecule has 0 aliphatic carbocycles. The van der Waals surface area contributed by atoms with E-state index in [1.54, 1.807) is 18.1 Å². The van der Waals surface area contributed by atoms with E-state index < -0.39 is 5.92 Å². The number of carbonyl (C=O) groups is 2. The van der Waals surface area contributed by atoms with Crippen molar-refractivity contribution in [2.24, 2.45) is 5.92 Å². The van der Waals surface area contributed by atoms with Crippen molar-refractivity contribution >= 4 is 17.7 Å².